The number of nitrogens with zero attached hydrogens (tertiary/aromatic N) is 3. The normalized spacial score (nSPS) is 10.7. The number of benzene rings is 2. The van der Waals surface area contributed by atoms with Crippen molar-refractivity contribution in [1.82, 2.24) is 10.1 Å². The average molecular weight is 358 g/mol. The van der Waals surface area contributed by atoms with Gasteiger partial charge in [0.05, 0.1) is 6.42 Å². The Morgan fingerprint density at radius 2 is 1.68 bits per heavy atom. The Morgan fingerprint density at radius 1 is 1.00 bits per heavy atom. The molecule has 3 aromatic rings. The number of anilines is 1. The molecule has 1 aromatic heterocycles. The Labute approximate surface area is 137 Å². The van der Waals surface area contributed by atoms with Gasteiger partial charge in [-0.3, -0.25) is 0 Å². The Kier molecular flexibility index (Phi) is 4.24. The fraction of sp³-hybridized carbons (Fsp3) is 0.176. The lowest BCUT2D eigenvalue weighted by Crippen LogP contribution is -2.07. The second-order valence-corrected chi connectivity index (χ2v) is 6.17. The highest BCUT2D eigenvalue weighted by Crippen LogP contribution is 2.21. The summed E-state index contributed by atoms with van der Waals surface area (Å²) in [4.78, 5) is 6.52. The van der Waals surface area contributed by atoms with E-state index >= 15 is 0 Å². The van der Waals surface area contributed by atoms with Crippen LogP contribution in [-0.4, -0.2) is 24.2 Å². The molecule has 0 aliphatic rings. The van der Waals surface area contributed by atoms with Crippen LogP contribution in [0, 0.1) is 0 Å². The number of aromatic nitrogens is 2. The topological polar surface area (TPSA) is 42.2 Å². The smallest absolute Gasteiger partial charge is 0.231 e. The summed E-state index contributed by atoms with van der Waals surface area (Å²) in [6, 6.07) is 16.2. The maximum Gasteiger partial charge on any atom is 0.231 e. The lowest BCUT2D eigenvalue weighted by Gasteiger charge is -2.11. The van der Waals surface area contributed by atoms with Gasteiger partial charge in [0.25, 0.3) is 0 Å². The first-order valence-electron chi connectivity index (χ1n) is 6.96. The van der Waals surface area contributed by atoms with E-state index in [4.69, 9.17) is 4.52 Å². The lowest BCUT2D eigenvalue weighted by atomic mass is 10.1. The molecule has 4 nitrogen and oxygen atoms in total. The van der Waals surface area contributed by atoms with Crippen LogP contribution in [0.25, 0.3) is 11.4 Å². The van der Waals surface area contributed by atoms with Crippen LogP contribution in [-0.2, 0) is 6.42 Å². The summed E-state index contributed by atoms with van der Waals surface area (Å²) in [5.74, 6) is 1.24. The highest BCUT2D eigenvalue weighted by atomic mass is 79.9. The summed E-state index contributed by atoms with van der Waals surface area (Å²) in [7, 11) is 4.03. The molecular weight excluding hydrogens is 342 g/mol. The van der Waals surface area contributed by atoms with Crippen LogP contribution in [0.15, 0.2) is 57.5 Å². The maximum atomic E-state index is 5.35. The van der Waals surface area contributed by atoms with E-state index in [0.29, 0.717) is 18.1 Å². The molecule has 0 N–H and O–H groups in total. The van der Waals surface area contributed by atoms with Crippen molar-refractivity contribution in [2.45, 2.75) is 6.42 Å². The predicted octanol–water partition coefficient (Wildman–Crippen LogP) is 4.16. The molecule has 0 radical (unpaired) electrons. The molecule has 2 aromatic carbocycles. The van der Waals surface area contributed by atoms with Gasteiger partial charge >= 0.3 is 0 Å². The molecule has 0 saturated heterocycles. The van der Waals surface area contributed by atoms with Crippen molar-refractivity contribution >= 4 is 21.6 Å². The van der Waals surface area contributed by atoms with E-state index in [0.717, 1.165) is 21.3 Å². The molecule has 1 heterocycles. The van der Waals surface area contributed by atoms with Gasteiger partial charge in [-0.1, -0.05) is 33.2 Å². The van der Waals surface area contributed by atoms with Crippen LogP contribution < -0.4 is 4.90 Å². The van der Waals surface area contributed by atoms with E-state index in [9.17, 15) is 0 Å². The first-order valence-corrected chi connectivity index (χ1v) is 7.76. The van der Waals surface area contributed by atoms with Crippen LogP contribution in [0.4, 0.5) is 5.69 Å². The molecule has 0 bridgehead atoms. The highest BCUT2D eigenvalue weighted by molar-refractivity contribution is 9.10. The molecule has 0 amide bonds. The van der Waals surface area contributed by atoms with Crippen LogP contribution in [0.2, 0.25) is 0 Å². The minimum atomic E-state index is 0.619. The van der Waals surface area contributed by atoms with E-state index in [1.54, 1.807) is 0 Å². The zero-order valence-corrected chi connectivity index (χ0v) is 14.0. The van der Waals surface area contributed by atoms with Gasteiger partial charge in [-0.05, 0) is 42.0 Å². The second-order valence-electron chi connectivity index (χ2n) is 5.26. The third kappa shape index (κ3) is 3.36. The summed E-state index contributed by atoms with van der Waals surface area (Å²) >= 11 is 3.43. The van der Waals surface area contributed by atoms with Gasteiger partial charge in [0, 0.05) is 29.8 Å². The third-order valence-electron chi connectivity index (χ3n) is 3.38. The van der Waals surface area contributed by atoms with Gasteiger partial charge in [0.1, 0.15) is 0 Å². The first kappa shape index (κ1) is 14.8. The first-order chi connectivity index (χ1) is 10.6. The molecule has 22 heavy (non-hydrogen) atoms. The molecule has 0 aliphatic heterocycles. The largest absolute Gasteiger partial charge is 0.378 e. The Hall–Kier alpha value is -2.14. The van der Waals surface area contributed by atoms with E-state index in [-0.39, 0.29) is 0 Å². The molecular formula is C17H16BrN3O. The van der Waals surface area contributed by atoms with Crippen LogP contribution in [0.5, 0.6) is 0 Å². The number of rotatable bonds is 4. The van der Waals surface area contributed by atoms with Gasteiger partial charge in [-0.15, -0.1) is 0 Å². The zero-order chi connectivity index (χ0) is 15.5. The average Bonchev–Trinajstić information content (AvgIpc) is 2.98. The summed E-state index contributed by atoms with van der Waals surface area (Å²) in [6.07, 6.45) is 0.635. The molecule has 3 rings (SSSR count). The zero-order valence-electron chi connectivity index (χ0n) is 12.5. The van der Waals surface area contributed by atoms with Crippen molar-refractivity contribution in [3.63, 3.8) is 0 Å². The minimum Gasteiger partial charge on any atom is -0.378 e. The summed E-state index contributed by atoms with van der Waals surface area (Å²) in [5.41, 5.74) is 3.24. The Balaban J connectivity index is 1.77. The highest BCUT2D eigenvalue weighted by Gasteiger charge is 2.09. The molecule has 0 aliphatic carbocycles. The number of halogens is 1. The fourth-order valence-electron chi connectivity index (χ4n) is 2.13. The van der Waals surface area contributed by atoms with Crippen molar-refractivity contribution in [3.8, 4) is 11.4 Å². The van der Waals surface area contributed by atoms with Crippen LogP contribution in [0.1, 0.15) is 11.5 Å². The molecule has 112 valence electrons. The number of hydrogen-bond donors (Lipinski definition) is 0. The minimum absolute atomic E-state index is 0.619. The van der Waals surface area contributed by atoms with Crippen molar-refractivity contribution < 1.29 is 4.52 Å². The van der Waals surface area contributed by atoms with Crippen LogP contribution in [0.3, 0.4) is 0 Å². The van der Waals surface area contributed by atoms with Crippen molar-refractivity contribution in [2.75, 3.05) is 19.0 Å². The lowest BCUT2D eigenvalue weighted by molar-refractivity contribution is 0.385. The van der Waals surface area contributed by atoms with Gasteiger partial charge in [0.15, 0.2) is 0 Å². The van der Waals surface area contributed by atoms with Crippen molar-refractivity contribution in [3.05, 3.63) is 64.5 Å². The van der Waals surface area contributed by atoms with Gasteiger partial charge < -0.3 is 9.42 Å². The van der Waals surface area contributed by atoms with Gasteiger partial charge in [0.2, 0.25) is 11.7 Å². The van der Waals surface area contributed by atoms with Crippen molar-refractivity contribution in [2.24, 2.45) is 0 Å². The van der Waals surface area contributed by atoms with E-state index < -0.39 is 0 Å². The quantitative estimate of drug-likeness (QED) is 0.703. The Morgan fingerprint density at radius 3 is 2.32 bits per heavy atom. The molecule has 5 heteroatoms. The standard InChI is InChI=1S/C17H16BrN3O/c1-21(2)15-9-5-13(6-10-15)17-19-16(22-20-17)11-12-3-7-14(18)8-4-12/h3-10H,11H2,1-2H3. The molecule has 0 atom stereocenters. The predicted molar refractivity (Wildman–Crippen MR) is 91.0 cm³/mol. The monoisotopic (exact) mass is 357 g/mol. The van der Waals surface area contributed by atoms with E-state index in [1.165, 1.54) is 0 Å². The molecule has 0 unspecified atom stereocenters. The van der Waals surface area contributed by atoms with Crippen molar-refractivity contribution in [1.29, 1.82) is 0 Å². The van der Waals surface area contributed by atoms with E-state index in [2.05, 4.69) is 31.0 Å². The molecule has 0 saturated carbocycles. The number of hydrogen-bond acceptors (Lipinski definition) is 4. The SMILES string of the molecule is CN(C)c1ccc(-c2noc(Cc3ccc(Br)cc3)n2)cc1. The van der Waals surface area contributed by atoms with E-state index in [1.807, 2.05) is 62.6 Å². The second kappa shape index (κ2) is 6.32. The maximum absolute atomic E-state index is 5.35. The summed E-state index contributed by atoms with van der Waals surface area (Å²) in [5, 5.41) is 4.07. The summed E-state index contributed by atoms with van der Waals surface area (Å²) < 4.78 is 6.41. The summed E-state index contributed by atoms with van der Waals surface area (Å²) in [6.45, 7) is 0. The van der Waals surface area contributed by atoms with Gasteiger partial charge in [-0.25, -0.2) is 0 Å². The van der Waals surface area contributed by atoms with Gasteiger partial charge in [-0.2, -0.15) is 4.98 Å². The Bertz CT molecular complexity index is 748. The van der Waals surface area contributed by atoms with Crippen LogP contribution >= 0.6 is 15.9 Å². The fourth-order valence-corrected chi connectivity index (χ4v) is 2.39. The third-order valence-corrected chi connectivity index (χ3v) is 3.91. The molecule has 0 fully saturated rings. The molecule has 0 spiro atoms.